The first-order chi connectivity index (χ1) is 11.6. The summed E-state index contributed by atoms with van der Waals surface area (Å²) in [5.74, 6) is 3.68. The number of carbonyl (C=O) groups excluding carboxylic acids is 1. The van der Waals surface area contributed by atoms with Gasteiger partial charge in [0.1, 0.15) is 18.2 Å². The highest BCUT2D eigenvalue weighted by atomic mass is 19.1. The summed E-state index contributed by atoms with van der Waals surface area (Å²) in [5, 5.41) is 2.53. The van der Waals surface area contributed by atoms with Crippen molar-refractivity contribution >= 4 is 11.8 Å². The first-order valence-corrected chi connectivity index (χ1v) is 7.24. The molecule has 0 aliphatic carbocycles. The number of ether oxygens (including phenoxy) is 1. The third kappa shape index (κ3) is 5.29. The van der Waals surface area contributed by atoms with Crippen molar-refractivity contribution in [3.63, 3.8) is 0 Å². The van der Waals surface area contributed by atoms with E-state index in [0.717, 1.165) is 11.6 Å². The van der Waals surface area contributed by atoms with Crippen LogP contribution >= 0.6 is 0 Å². The third-order valence-corrected chi connectivity index (χ3v) is 3.05. The van der Waals surface area contributed by atoms with Gasteiger partial charge in [0.2, 0.25) is 0 Å². The predicted octanol–water partition coefficient (Wildman–Crippen LogP) is 3.22. The summed E-state index contributed by atoms with van der Waals surface area (Å²) in [6.07, 6.45) is -0.269. The zero-order valence-corrected chi connectivity index (χ0v) is 12.8. The molecule has 2 aromatic rings. The van der Waals surface area contributed by atoms with Crippen molar-refractivity contribution in [2.75, 3.05) is 12.3 Å². The zero-order chi connectivity index (χ0) is 17.4. The Hall–Kier alpha value is -3.07. The molecule has 0 aliphatic rings. The Kier molecular flexibility index (Phi) is 6.15. The normalized spacial score (nSPS) is 9.75. The molecule has 0 heterocycles. The first-order valence-electron chi connectivity index (χ1n) is 7.24. The number of benzene rings is 2. The van der Waals surface area contributed by atoms with E-state index in [-0.39, 0.29) is 30.8 Å². The van der Waals surface area contributed by atoms with Crippen molar-refractivity contribution < 1.29 is 18.3 Å². The van der Waals surface area contributed by atoms with Crippen LogP contribution in [-0.2, 0) is 11.3 Å². The van der Waals surface area contributed by atoms with E-state index in [1.165, 1.54) is 0 Å². The molecule has 1 amide bonds. The molecule has 2 rings (SSSR count). The summed E-state index contributed by atoms with van der Waals surface area (Å²) in [7, 11) is 0. The van der Waals surface area contributed by atoms with E-state index in [4.69, 9.17) is 10.5 Å². The molecule has 4 nitrogen and oxygen atoms in total. The monoisotopic (exact) mass is 330 g/mol. The van der Waals surface area contributed by atoms with E-state index >= 15 is 0 Å². The summed E-state index contributed by atoms with van der Waals surface area (Å²) >= 11 is 0. The Bertz CT molecular complexity index is 768. The summed E-state index contributed by atoms with van der Waals surface area (Å²) in [4.78, 5) is 11.5. The second-order valence-electron chi connectivity index (χ2n) is 4.89. The van der Waals surface area contributed by atoms with Crippen molar-refractivity contribution in [2.45, 2.75) is 13.0 Å². The molecule has 0 radical (unpaired) electrons. The fourth-order valence-corrected chi connectivity index (χ4v) is 1.85. The lowest BCUT2D eigenvalue weighted by Crippen LogP contribution is -2.24. The van der Waals surface area contributed by atoms with E-state index in [2.05, 4.69) is 17.2 Å². The summed E-state index contributed by atoms with van der Waals surface area (Å²) in [5.41, 5.74) is 6.25. The van der Waals surface area contributed by atoms with Gasteiger partial charge < -0.3 is 15.8 Å². The Balaban J connectivity index is 1.74. The summed E-state index contributed by atoms with van der Waals surface area (Å²) < 4.78 is 31.3. The fourth-order valence-electron chi connectivity index (χ4n) is 1.85. The number of rotatable bonds is 4. The van der Waals surface area contributed by atoms with Gasteiger partial charge in [0.05, 0.1) is 11.3 Å². The molecule has 0 spiro atoms. The molecule has 3 N–H and O–H groups in total. The second-order valence-corrected chi connectivity index (χ2v) is 4.89. The number of carbonyl (C=O) groups is 1. The maximum atomic E-state index is 13.2. The lowest BCUT2D eigenvalue weighted by atomic mass is 10.1. The maximum absolute atomic E-state index is 13.2. The third-order valence-electron chi connectivity index (χ3n) is 3.05. The largest absolute Gasteiger partial charge is 0.445 e. The molecule has 0 aromatic heterocycles. The van der Waals surface area contributed by atoms with Gasteiger partial charge in [-0.15, -0.1) is 0 Å². The molecule has 0 fully saturated rings. The molecule has 0 bridgehead atoms. The average molecular weight is 330 g/mol. The van der Waals surface area contributed by atoms with Gasteiger partial charge in [0, 0.05) is 19.0 Å². The number of halogens is 2. The van der Waals surface area contributed by atoms with Crippen molar-refractivity contribution in [1.82, 2.24) is 5.32 Å². The van der Waals surface area contributed by atoms with Gasteiger partial charge in [-0.05, 0) is 11.6 Å². The molecule has 0 saturated heterocycles. The number of hydrogen-bond acceptors (Lipinski definition) is 3. The minimum atomic E-state index is -0.845. The Morgan fingerprint density at radius 3 is 2.71 bits per heavy atom. The van der Waals surface area contributed by atoms with Crippen LogP contribution in [0.25, 0.3) is 0 Å². The lowest BCUT2D eigenvalue weighted by molar-refractivity contribution is 0.140. The van der Waals surface area contributed by atoms with Gasteiger partial charge in [-0.25, -0.2) is 13.6 Å². The Morgan fingerprint density at radius 1 is 1.21 bits per heavy atom. The molecule has 2 aromatic carbocycles. The molecule has 0 saturated carbocycles. The minimum absolute atomic E-state index is 0.0826. The quantitative estimate of drug-likeness (QED) is 0.514. The predicted molar refractivity (Wildman–Crippen MR) is 86.9 cm³/mol. The topological polar surface area (TPSA) is 64.3 Å². The first kappa shape index (κ1) is 17.3. The number of alkyl carbamates (subject to hydrolysis) is 1. The van der Waals surface area contributed by atoms with Crippen LogP contribution in [0.15, 0.2) is 42.5 Å². The van der Waals surface area contributed by atoms with Crippen molar-refractivity contribution in [1.29, 1.82) is 0 Å². The zero-order valence-electron chi connectivity index (χ0n) is 12.8. The maximum Gasteiger partial charge on any atom is 0.407 e. The number of hydrogen-bond donors (Lipinski definition) is 2. The highest BCUT2D eigenvalue weighted by Crippen LogP contribution is 2.17. The number of nitrogens with one attached hydrogen (secondary N) is 1. The second kappa shape index (κ2) is 8.53. The van der Waals surface area contributed by atoms with Crippen molar-refractivity contribution in [3.05, 3.63) is 65.2 Å². The molecule has 0 atom stereocenters. The number of amides is 1. The smallest absolute Gasteiger partial charge is 0.407 e. The highest BCUT2D eigenvalue weighted by Gasteiger charge is 2.05. The van der Waals surface area contributed by atoms with Crippen LogP contribution in [-0.4, -0.2) is 12.6 Å². The molecule has 124 valence electrons. The van der Waals surface area contributed by atoms with E-state index < -0.39 is 17.7 Å². The van der Waals surface area contributed by atoms with Crippen LogP contribution in [0.3, 0.4) is 0 Å². The van der Waals surface area contributed by atoms with Gasteiger partial charge in [0.25, 0.3) is 0 Å². The minimum Gasteiger partial charge on any atom is -0.445 e. The van der Waals surface area contributed by atoms with Crippen LogP contribution < -0.4 is 11.1 Å². The summed E-state index contributed by atoms with van der Waals surface area (Å²) in [6, 6.07) is 11.0. The van der Waals surface area contributed by atoms with Crippen LogP contribution in [0.4, 0.5) is 19.3 Å². The molecule has 0 aliphatic heterocycles. The highest BCUT2D eigenvalue weighted by molar-refractivity contribution is 5.67. The van der Waals surface area contributed by atoms with E-state index in [1.807, 2.05) is 30.3 Å². The van der Waals surface area contributed by atoms with Crippen LogP contribution in [0.1, 0.15) is 17.5 Å². The molecule has 6 heteroatoms. The molecule has 0 unspecified atom stereocenters. The van der Waals surface area contributed by atoms with E-state index in [9.17, 15) is 13.6 Å². The van der Waals surface area contributed by atoms with Gasteiger partial charge >= 0.3 is 6.09 Å². The van der Waals surface area contributed by atoms with Crippen molar-refractivity contribution in [3.8, 4) is 11.8 Å². The Morgan fingerprint density at radius 2 is 1.96 bits per heavy atom. The van der Waals surface area contributed by atoms with Gasteiger partial charge in [-0.1, -0.05) is 42.2 Å². The molecular formula is C18H16F2N2O2. The molecule has 24 heavy (non-hydrogen) atoms. The lowest BCUT2D eigenvalue weighted by Gasteiger charge is -2.05. The summed E-state index contributed by atoms with van der Waals surface area (Å²) in [6.45, 7) is 0.426. The van der Waals surface area contributed by atoms with Crippen LogP contribution in [0.2, 0.25) is 0 Å². The number of anilines is 1. The van der Waals surface area contributed by atoms with Crippen LogP contribution in [0.5, 0.6) is 0 Å². The van der Waals surface area contributed by atoms with Crippen LogP contribution in [0, 0.1) is 23.5 Å². The average Bonchev–Trinajstić information content (AvgIpc) is 2.57. The van der Waals surface area contributed by atoms with Gasteiger partial charge in [-0.3, -0.25) is 0 Å². The van der Waals surface area contributed by atoms with E-state index in [0.29, 0.717) is 6.07 Å². The molecular weight excluding hydrogens is 314 g/mol. The van der Waals surface area contributed by atoms with Gasteiger partial charge in [0.15, 0.2) is 0 Å². The van der Waals surface area contributed by atoms with E-state index in [1.54, 1.807) is 0 Å². The standard InChI is InChI=1S/C18H16F2N2O2/c19-15-10-14(17(21)16(20)11-15)8-4-5-9-22-18(23)24-12-13-6-2-1-3-7-13/h1-3,6-7,10-11H,5,9,12,21H2,(H,22,23). The Labute approximate surface area is 138 Å². The number of nitrogens with two attached hydrogens (primary N) is 1. The van der Waals surface area contributed by atoms with Gasteiger partial charge in [-0.2, -0.15) is 0 Å². The fraction of sp³-hybridized carbons (Fsp3) is 0.167. The number of nitrogen functional groups attached to an aromatic ring is 1. The van der Waals surface area contributed by atoms with Crippen molar-refractivity contribution in [2.24, 2.45) is 0 Å². The SMILES string of the molecule is Nc1c(F)cc(F)cc1C#CCCNC(=O)OCc1ccccc1.